The van der Waals surface area contributed by atoms with Crippen LogP contribution in [0.15, 0.2) is 40.8 Å². The minimum atomic E-state index is -0.681. The summed E-state index contributed by atoms with van der Waals surface area (Å²) in [4.78, 5) is 23.4. The molecular formula is C16H18N3O5+. The second-order valence-corrected chi connectivity index (χ2v) is 5.59. The molecule has 0 unspecified atom stereocenters. The highest BCUT2D eigenvalue weighted by atomic mass is 16.6. The fraction of sp³-hybridized carbons (Fsp3) is 0.312. The molecule has 2 aromatic rings. The summed E-state index contributed by atoms with van der Waals surface area (Å²) < 4.78 is 10.2. The first-order valence-corrected chi connectivity index (χ1v) is 7.67. The van der Waals surface area contributed by atoms with Crippen molar-refractivity contribution in [2.24, 2.45) is 0 Å². The molecule has 126 valence electrons. The zero-order chi connectivity index (χ0) is 16.9. The van der Waals surface area contributed by atoms with Crippen LogP contribution in [-0.4, -0.2) is 37.1 Å². The average molecular weight is 332 g/mol. The Morgan fingerprint density at radius 2 is 1.88 bits per heavy atom. The van der Waals surface area contributed by atoms with Crippen molar-refractivity contribution < 1.29 is 23.8 Å². The molecule has 2 N–H and O–H groups in total. The Hall–Kier alpha value is -2.71. The summed E-state index contributed by atoms with van der Waals surface area (Å²) in [6.45, 7) is 4.49. The van der Waals surface area contributed by atoms with Crippen molar-refractivity contribution in [3.8, 4) is 0 Å². The second kappa shape index (κ2) is 7.24. The molecule has 0 spiro atoms. The molecule has 1 saturated heterocycles. The van der Waals surface area contributed by atoms with Crippen molar-refractivity contribution in [1.82, 2.24) is 0 Å². The van der Waals surface area contributed by atoms with Gasteiger partial charge in [-0.05, 0) is 18.2 Å². The van der Waals surface area contributed by atoms with Gasteiger partial charge in [0, 0.05) is 11.3 Å². The van der Waals surface area contributed by atoms with E-state index in [1.807, 2.05) is 24.3 Å². The van der Waals surface area contributed by atoms with Crippen molar-refractivity contribution in [2.45, 2.75) is 6.54 Å². The zero-order valence-electron chi connectivity index (χ0n) is 13.0. The number of carbonyl (C=O) groups is 1. The van der Waals surface area contributed by atoms with Crippen LogP contribution in [0.2, 0.25) is 0 Å². The van der Waals surface area contributed by atoms with E-state index in [-0.39, 0.29) is 5.76 Å². The first-order chi connectivity index (χ1) is 11.6. The zero-order valence-corrected chi connectivity index (χ0v) is 13.0. The normalized spacial score (nSPS) is 15.2. The Labute approximate surface area is 138 Å². The number of ether oxygens (including phenoxy) is 1. The molecule has 0 aliphatic carbocycles. The summed E-state index contributed by atoms with van der Waals surface area (Å²) in [5.74, 6) is -1.07. The first kappa shape index (κ1) is 16.2. The third-order valence-corrected chi connectivity index (χ3v) is 3.86. The predicted molar refractivity (Wildman–Crippen MR) is 85.0 cm³/mol. The number of furan rings is 1. The molecular weight excluding hydrogens is 314 g/mol. The van der Waals surface area contributed by atoms with Crippen LogP contribution in [0, 0.1) is 10.1 Å². The van der Waals surface area contributed by atoms with Gasteiger partial charge in [-0.3, -0.25) is 14.9 Å². The summed E-state index contributed by atoms with van der Waals surface area (Å²) in [6.07, 6.45) is 0. The largest absolute Gasteiger partial charge is 0.433 e. The third kappa shape index (κ3) is 3.98. The molecule has 1 amide bonds. The number of nitrogens with zero attached hydrogens (tertiary/aromatic N) is 1. The van der Waals surface area contributed by atoms with Gasteiger partial charge >= 0.3 is 5.88 Å². The van der Waals surface area contributed by atoms with E-state index in [1.54, 1.807) is 0 Å². The fourth-order valence-corrected chi connectivity index (χ4v) is 2.57. The van der Waals surface area contributed by atoms with Gasteiger partial charge in [0.2, 0.25) is 0 Å². The van der Waals surface area contributed by atoms with Crippen LogP contribution < -0.4 is 10.2 Å². The molecule has 0 bridgehead atoms. The number of amides is 1. The maximum absolute atomic E-state index is 12.0. The SMILES string of the molecule is O=C(Nc1ccc(C[NH+]2CCOCC2)cc1)c1ccc([N+](=O)[O-])o1. The topological polar surface area (TPSA) is 99.0 Å². The van der Waals surface area contributed by atoms with E-state index in [1.165, 1.54) is 16.5 Å². The average Bonchev–Trinajstić information content (AvgIpc) is 3.08. The van der Waals surface area contributed by atoms with Gasteiger partial charge in [-0.2, -0.15) is 0 Å². The number of hydrogen-bond acceptors (Lipinski definition) is 5. The number of rotatable bonds is 5. The number of nitrogens with one attached hydrogen (secondary N) is 2. The van der Waals surface area contributed by atoms with Crippen LogP contribution in [0.1, 0.15) is 16.1 Å². The van der Waals surface area contributed by atoms with Gasteiger partial charge in [-0.15, -0.1) is 0 Å². The van der Waals surface area contributed by atoms with E-state index < -0.39 is 16.7 Å². The lowest BCUT2D eigenvalue weighted by atomic mass is 10.2. The van der Waals surface area contributed by atoms with Gasteiger partial charge in [0.15, 0.2) is 5.76 Å². The quantitative estimate of drug-likeness (QED) is 0.625. The van der Waals surface area contributed by atoms with Crippen LogP contribution >= 0.6 is 0 Å². The Bertz CT molecular complexity index is 720. The van der Waals surface area contributed by atoms with Gasteiger partial charge in [0.1, 0.15) is 24.6 Å². The van der Waals surface area contributed by atoms with E-state index >= 15 is 0 Å². The summed E-state index contributed by atoms with van der Waals surface area (Å²) in [5.41, 5.74) is 1.79. The van der Waals surface area contributed by atoms with Gasteiger partial charge < -0.3 is 19.4 Å². The van der Waals surface area contributed by atoms with Crippen LogP contribution in [-0.2, 0) is 11.3 Å². The molecule has 1 aliphatic heterocycles. The van der Waals surface area contributed by atoms with E-state index in [0.29, 0.717) is 5.69 Å². The number of morpholine rings is 1. The van der Waals surface area contributed by atoms with Crippen molar-refractivity contribution in [3.63, 3.8) is 0 Å². The van der Waals surface area contributed by atoms with Gasteiger partial charge in [-0.25, -0.2) is 0 Å². The number of anilines is 1. The maximum Gasteiger partial charge on any atom is 0.433 e. The highest BCUT2D eigenvalue weighted by molar-refractivity contribution is 6.02. The summed E-state index contributed by atoms with van der Waals surface area (Å²) in [7, 11) is 0. The molecule has 8 heteroatoms. The highest BCUT2D eigenvalue weighted by Gasteiger charge is 2.18. The number of nitro groups is 1. The van der Waals surface area contributed by atoms with Crippen molar-refractivity contribution in [2.75, 3.05) is 31.6 Å². The molecule has 2 heterocycles. The van der Waals surface area contributed by atoms with Crippen molar-refractivity contribution >= 4 is 17.5 Å². The molecule has 3 rings (SSSR count). The molecule has 1 fully saturated rings. The Balaban J connectivity index is 1.58. The van der Waals surface area contributed by atoms with Crippen LogP contribution in [0.5, 0.6) is 0 Å². The molecule has 0 atom stereocenters. The molecule has 0 saturated carbocycles. The van der Waals surface area contributed by atoms with Gasteiger partial charge in [0.25, 0.3) is 5.91 Å². The number of quaternary nitrogens is 1. The smallest absolute Gasteiger partial charge is 0.395 e. The number of carbonyl (C=O) groups excluding carboxylic acids is 1. The standard InChI is InChI=1S/C16H17N3O5/c20-16(14-5-6-15(24-14)19(21)22)17-13-3-1-12(2-4-13)11-18-7-9-23-10-8-18/h1-6H,7-11H2,(H,17,20)/p+1. The van der Waals surface area contributed by atoms with Crippen molar-refractivity contribution in [1.29, 1.82) is 0 Å². The van der Waals surface area contributed by atoms with Crippen molar-refractivity contribution in [3.05, 3.63) is 57.8 Å². The molecule has 0 radical (unpaired) electrons. The fourth-order valence-electron chi connectivity index (χ4n) is 2.57. The lowest BCUT2D eigenvalue weighted by Crippen LogP contribution is -3.12. The molecule has 1 aromatic heterocycles. The maximum atomic E-state index is 12.0. The van der Waals surface area contributed by atoms with E-state index in [2.05, 4.69) is 5.32 Å². The Morgan fingerprint density at radius 3 is 2.50 bits per heavy atom. The highest BCUT2D eigenvalue weighted by Crippen LogP contribution is 2.17. The first-order valence-electron chi connectivity index (χ1n) is 7.67. The summed E-state index contributed by atoms with van der Waals surface area (Å²) >= 11 is 0. The van der Waals surface area contributed by atoms with Gasteiger partial charge in [0.05, 0.1) is 19.3 Å². The number of hydrogen-bond donors (Lipinski definition) is 2. The lowest BCUT2D eigenvalue weighted by Gasteiger charge is -2.23. The van der Waals surface area contributed by atoms with E-state index in [4.69, 9.17) is 9.15 Å². The monoisotopic (exact) mass is 332 g/mol. The predicted octanol–water partition coefficient (Wildman–Crippen LogP) is 0.855. The van der Waals surface area contributed by atoms with Crippen LogP contribution in [0.25, 0.3) is 0 Å². The molecule has 8 nitrogen and oxygen atoms in total. The van der Waals surface area contributed by atoms with Crippen LogP contribution in [0.3, 0.4) is 0 Å². The second-order valence-electron chi connectivity index (χ2n) is 5.59. The van der Waals surface area contributed by atoms with Gasteiger partial charge in [-0.1, -0.05) is 12.1 Å². The summed E-state index contributed by atoms with van der Waals surface area (Å²) in [5, 5.41) is 13.2. The number of benzene rings is 1. The lowest BCUT2D eigenvalue weighted by molar-refractivity contribution is -0.921. The molecule has 1 aliphatic rings. The van der Waals surface area contributed by atoms with E-state index in [0.717, 1.165) is 38.9 Å². The third-order valence-electron chi connectivity index (χ3n) is 3.86. The molecule has 1 aromatic carbocycles. The Morgan fingerprint density at radius 1 is 1.17 bits per heavy atom. The Kier molecular flexibility index (Phi) is 4.88. The van der Waals surface area contributed by atoms with E-state index in [9.17, 15) is 14.9 Å². The van der Waals surface area contributed by atoms with Crippen LogP contribution in [0.4, 0.5) is 11.6 Å². The minimum Gasteiger partial charge on any atom is -0.395 e. The molecule has 24 heavy (non-hydrogen) atoms. The summed E-state index contributed by atoms with van der Waals surface area (Å²) in [6, 6.07) is 9.98. The minimum absolute atomic E-state index is 0.0939.